The van der Waals surface area contributed by atoms with Crippen LogP contribution in [0.2, 0.25) is 0 Å². The van der Waals surface area contributed by atoms with E-state index in [4.69, 9.17) is 9.47 Å². The van der Waals surface area contributed by atoms with Crippen LogP contribution in [0.4, 0.5) is 5.69 Å². The molecule has 5 nitrogen and oxygen atoms in total. The summed E-state index contributed by atoms with van der Waals surface area (Å²) in [6, 6.07) is 10.9. The summed E-state index contributed by atoms with van der Waals surface area (Å²) in [5.74, 6) is 1.87. The highest BCUT2D eigenvalue weighted by Gasteiger charge is 2.35. The van der Waals surface area contributed by atoms with Crippen LogP contribution in [-0.4, -0.2) is 36.5 Å². The molecule has 0 N–H and O–H groups in total. The first-order valence-corrected chi connectivity index (χ1v) is 11.9. The van der Waals surface area contributed by atoms with Gasteiger partial charge in [0.1, 0.15) is 18.2 Å². The summed E-state index contributed by atoms with van der Waals surface area (Å²) in [6.07, 6.45) is 6.93. The molecular formula is C27H32N2O3. The van der Waals surface area contributed by atoms with Crippen molar-refractivity contribution in [1.82, 2.24) is 4.90 Å². The van der Waals surface area contributed by atoms with Crippen LogP contribution in [0.3, 0.4) is 0 Å². The number of allylic oxidation sites excluding steroid dienone is 1. The van der Waals surface area contributed by atoms with E-state index < -0.39 is 0 Å². The van der Waals surface area contributed by atoms with Gasteiger partial charge in [0.25, 0.3) is 0 Å². The van der Waals surface area contributed by atoms with Gasteiger partial charge in [-0.2, -0.15) is 0 Å². The van der Waals surface area contributed by atoms with Gasteiger partial charge in [0.05, 0.1) is 5.56 Å². The highest BCUT2D eigenvalue weighted by Crippen LogP contribution is 2.44. The summed E-state index contributed by atoms with van der Waals surface area (Å²) < 4.78 is 12.2. The van der Waals surface area contributed by atoms with E-state index >= 15 is 0 Å². The van der Waals surface area contributed by atoms with E-state index in [2.05, 4.69) is 35.8 Å². The fraction of sp³-hybridized carbons (Fsp3) is 0.444. The van der Waals surface area contributed by atoms with Gasteiger partial charge in [0.2, 0.25) is 5.78 Å². The van der Waals surface area contributed by atoms with Crippen molar-refractivity contribution in [2.24, 2.45) is 0 Å². The van der Waals surface area contributed by atoms with Gasteiger partial charge in [0.15, 0.2) is 5.76 Å². The molecule has 0 spiro atoms. The van der Waals surface area contributed by atoms with Crippen LogP contribution in [0.1, 0.15) is 66.6 Å². The largest absolute Gasteiger partial charge is 0.477 e. The quantitative estimate of drug-likeness (QED) is 0.579. The van der Waals surface area contributed by atoms with Crippen molar-refractivity contribution >= 4 is 17.5 Å². The number of anilines is 1. The van der Waals surface area contributed by atoms with Crippen LogP contribution in [0.25, 0.3) is 6.08 Å². The van der Waals surface area contributed by atoms with E-state index in [1.54, 1.807) is 0 Å². The molecule has 5 rings (SSSR count). The molecular weight excluding hydrogens is 400 g/mol. The Labute approximate surface area is 190 Å². The lowest BCUT2D eigenvalue weighted by Crippen LogP contribution is -2.39. The second-order valence-electron chi connectivity index (χ2n) is 9.03. The number of carbonyl (C=O) groups excluding carboxylic acids is 1. The third-order valence-electron chi connectivity index (χ3n) is 7.13. The van der Waals surface area contributed by atoms with E-state index in [1.807, 2.05) is 31.2 Å². The number of ether oxygens (including phenoxy) is 2. The van der Waals surface area contributed by atoms with Gasteiger partial charge in [-0.3, -0.25) is 9.69 Å². The highest BCUT2D eigenvalue weighted by atomic mass is 16.5. The lowest BCUT2D eigenvalue weighted by molar-refractivity contribution is 0.0570. The second kappa shape index (κ2) is 8.62. The lowest BCUT2D eigenvalue weighted by Gasteiger charge is -2.34. The number of ketones is 1. The number of Topliss-reactive ketones (excluding diaryl/α,β-unsaturated/α-hetero) is 1. The number of nitrogens with zero attached hydrogens (tertiary/aromatic N) is 2. The smallest absolute Gasteiger partial charge is 0.231 e. The van der Waals surface area contributed by atoms with Crippen molar-refractivity contribution in [2.75, 3.05) is 24.7 Å². The normalized spacial score (nSPS) is 19.6. The van der Waals surface area contributed by atoms with Gasteiger partial charge in [-0.15, -0.1) is 0 Å². The van der Waals surface area contributed by atoms with Gasteiger partial charge >= 0.3 is 0 Å². The van der Waals surface area contributed by atoms with Gasteiger partial charge in [-0.25, -0.2) is 0 Å². The number of benzene rings is 2. The number of carbonyl (C=O) groups is 1. The minimum Gasteiger partial charge on any atom is -0.477 e. The van der Waals surface area contributed by atoms with Gasteiger partial charge in [-0.1, -0.05) is 25.0 Å². The molecule has 0 bridgehead atoms. The van der Waals surface area contributed by atoms with Gasteiger partial charge in [-0.05, 0) is 63.5 Å². The SMILES string of the molecule is CCN(CC)c1ccc(/C=C2\Oc3c(cc4c(c3C)OCN(C3CCCC3)C4)C2=O)cc1. The maximum atomic E-state index is 13.2. The van der Waals surface area contributed by atoms with Crippen molar-refractivity contribution < 1.29 is 14.3 Å². The molecule has 0 radical (unpaired) electrons. The van der Waals surface area contributed by atoms with Crippen LogP contribution in [0.15, 0.2) is 36.1 Å². The average molecular weight is 433 g/mol. The zero-order valence-corrected chi connectivity index (χ0v) is 19.3. The maximum absolute atomic E-state index is 13.2. The van der Waals surface area contributed by atoms with E-state index in [1.165, 1.54) is 31.4 Å². The molecule has 5 heteroatoms. The number of hydrogen-bond acceptors (Lipinski definition) is 5. The van der Waals surface area contributed by atoms with Crippen molar-refractivity contribution in [3.63, 3.8) is 0 Å². The molecule has 0 atom stereocenters. The fourth-order valence-corrected chi connectivity index (χ4v) is 5.29. The van der Waals surface area contributed by atoms with Crippen molar-refractivity contribution in [3.05, 3.63) is 58.3 Å². The van der Waals surface area contributed by atoms with Crippen molar-refractivity contribution in [1.29, 1.82) is 0 Å². The second-order valence-corrected chi connectivity index (χ2v) is 9.03. The van der Waals surface area contributed by atoms with Crippen LogP contribution in [0, 0.1) is 6.92 Å². The lowest BCUT2D eigenvalue weighted by atomic mass is 9.99. The molecule has 2 aromatic carbocycles. The fourth-order valence-electron chi connectivity index (χ4n) is 5.29. The Morgan fingerprint density at radius 2 is 1.81 bits per heavy atom. The van der Waals surface area contributed by atoms with Gasteiger partial charge < -0.3 is 14.4 Å². The Morgan fingerprint density at radius 1 is 1.09 bits per heavy atom. The van der Waals surface area contributed by atoms with E-state index in [-0.39, 0.29) is 5.78 Å². The third-order valence-corrected chi connectivity index (χ3v) is 7.13. The molecule has 1 fully saturated rings. The molecule has 0 saturated heterocycles. The summed E-state index contributed by atoms with van der Waals surface area (Å²) in [7, 11) is 0. The van der Waals surface area contributed by atoms with Crippen LogP contribution in [0.5, 0.6) is 11.5 Å². The monoisotopic (exact) mass is 432 g/mol. The number of fused-ring (bicyclic) bond motifs is 2. The van der Waals surface area contributed by atoms with Crippen LogP contribution in [-0.2, 0) is 6.54 Å². The molecule has 0 aromatic heterocycles. The van der Waals surface area contributed by atoms with E-state index in [9.17, 15) is 4.79 Å². The predicted molar refractivity (Wildman–Crippen MR) is 127 cm³/mol. The number of rotatable bonds is 5. The Bertz CT molecular complexity index is 1050. The minimum atomic E-state index is -0.0447. The Hall–Kier alpha value is -2.79. The van der Waals surface area contributed by atoms with Crippen LogP contribution >= 0.6 is 0 Å². The van der Waals surface area contributed by atoms with Gasteiger partial charge in [0, 0.05) is 42.5 Å². The molecule has 168 valence electrons. The summed E-state index contributed by atoms with van der Waals surface area (Å²) in [5.41, 5.74) is 4.83. The molecule has 3 aliphatic rings. The molecule has 2 aromatic rings. The minimum absolute atomic E-state index is 0.0447. The molecule has 2 aliphatic heterocycles. The van der Waals surface area contributed by atoms with Crippen molar-refractivity contribution in [2.45, 2.75) is 59.0 Å². The summed E-state index contributed by atoms with van der Waals surface area (Å²) in [4.78, 5) is 17.9. The zero-order valence-electron chi connectivity index (χ0n) is 19.3. The van der Waals surface area contributed by atoms with Crippen molar-refractivity contribution in [3.8, 4) is 11.5 Å². The van der Waals surface area contributed by atoms with E-state index in [0.717, 1.165) is 42.1 Å². The standard InChI is InChI=1S/C27H32N2O3/c1-4-28(5-2)22-12-10-19(11-13-22)14-24-25(30)23-15-20-16-29(21-8-6-7-9-21)17-31-26(20)18(3)27(23)32-24/h10-15,21H,4-9,16-17H2,1-3H3/b24-14-. The summed E-state index contributed by atoms with van der Waals surface area (Å²) in [6.45, 7) is 9.70. The first-order valence-electron chi connectivity index (χ1n) is 11.9. The van der Waals surface area contributed by atoms with Crippen LogP contribution < -0.4 is 14.4 Å². The average Bonchev–Trinajstić information content (AvgIpc) is 3.45. The zero-order chi connectivity index (χ0) is 22.2. The van der Waals surface area contributed by atoms with E-state index in [0.29, 0.717) is 29.8 Å². The summed E-state index contributed by atoms with van der Waals surface area (Å²) >= 11 is 0. The molecule has 1 aliphatic carbocycles. The number of hydrogen-bond donors (Lipinski definition) is 0. The Kier molecular flexibility index (Phi) is 5.68. The topological polar surface area (TPSA) is 42.0 Å². The maximum Gasteiger partial charge on any atom is 0.231 e. The Morgan fingerprint density at radius 3 is 2.50 bits per heavy atom. The first-order chi connectivity index (χ1) is 15.6. The first kappa shape index (κ1) is 21.1. The molecule has 1 saturated carbocycles. The third kappa shape index (κ3) is 3.69. The molecule has 0 unspecified atom stereocenters. The Balaban J connectivity index is 1.40. The highest BCUT2D eigenvalue weighted by molar-refractivity contribution is 6.15. The molecule has 2 heterocycles. The molecule has 0 amide bonds. The predicted octanol–water partition coefficient (Wildman–Crippen LogP) is 5.55. The molecule has 32 heavy (non-hydrogen) atoms. The summed E-state index contributed by atoms with van der Waals surface area (Å²) in [5, 5.41) is 0.